The number of alkyl halides is 3. The molecule has 2 aromatic carbocycles. The molecule has 0 bridgehead atoms. The van der Waals surface area contributed by atoms with Crippen LogP contribution in [0.3, 0.4) is 0 Å². The van der Waals surface area contributed by atoms with Crippen LogP contribution in [0.4, 0.5) is 13.2 Å². The van der Waals surface area contributed by atoms with Gasteiger partial charge >= 0.3 is 12.1 Å². The molecule has 36 heavy (non-hydrogen) atoms. The predicted octanol–water partition coefficient (Wildman–Crippen LogP) is 2.72. The standard InChI is InChI=1S/C24H24F3N3O6/c1-15-2-4-16(5-3-15)21-28-22(31)20(30(29-21)23(32)24(25,26)27)17-6-7-18-19(14-17)36-13-11-34-9-8-33-10-12-35-18/h2-7,14,20H,8-13H2,1H3,(H,28,29,31). The average molecular weight is 507 g/mol. The first-order chi connectivity index (χ1) is 17.2. The minimum absolute atomic E-state index is 0.0587. The summed E-state index contributed by atoms with van der Waals surface area (Å²) >= 11 is 0. The van der Waals surface area contributed by atoms with E-state index in [0.29, 0.717) is 31.1 Å². The summed E-state index contributed by atoms with van der Waals surface area (Å²) in [4.78, 5) is 25.5. The Morgan fingerprint density at radius 3 is 2.19 bits per heavy atom. The quantitative estimate of drug-likeness (QED) is 0.672. The lowest BCUT2D eigenvalue weighted by Crippen LogP contribution is -2.52. The Morgan fingerprint density at radius 1 is 0.944 bits per heavy atom. The Bertz CT molecular complexity index is 1140. The first-order valence-electron chi connectivity index (χ1n) is 11.2. The van der Waals surface area contributed by atoms with Crippen molar-refractivity contribution in [2.75, 3.05) is 39.6 Å². The maximum atomic E-state index is 13.5. The summed E-state index contributed by atoms with van der Waals surface area (Å²) in [6.45, 7) is 3.45. The molecule has 0 aliphatic carbocycles. The minimum Gasteiger partial charge on any atom is -0.487 e. The van der Waals surface area contributed by atoms with E-state index >= 15 is 0 Å². The van der Waals surface area contributed by atoms with Crippen molar-refractivity contribution < 1.29 is 41.7 Å². The Hall–Kier alpha value is -3.64. The van der Waals surface area contributed by atoms with Crippen LogP contribution in [0.25, 0.3) is 0 Å². The van der Waals surface area contributed by atoms with E-state index in [1.54, 1.807) is 24.3 Å². The molecular formula is C24H24F3N3O6. The van der Waals surface area contributed by atoms with Crippen LogP contribution in [0.5, 0.6) is 11.5 Å². The van der Waals surface area contributed by atoms with Crippen molar-refractivity contribution in [3.8, 4) is 11.5 Å². The highest BCUT2D eigenvalue weighted by molar-refractivity contribution is 6.12. The molecule has 4 rings (SSSR count). The lowest BCUT2D eigenvalue weighted by atomic mass is 10.0. The number of fused-ring (bicyclic) bond motifs is 1. The number of hydrazone groups is 1. The van der Waals surface area contributed by atoms with Gasteiger partial charge in [-0.3, -0.25) is 9.59 Å². The van der Waals surface area contributed by atoms with Gasteiger partial charge < -0.3 is 24.3 Å². The number of ether oxygens (including phenoxy) is 4. The molecule has 12 heteroatoms. The van der Waals surface area contributed by atoms with Gasteiger partial charge in [-0.25, -0.2) is 5.01 Å². The number of halogens is 3. The lowest BCUT2D eigenvalue weighted by molar-refractivity contribution is -0.189. The highest BCUT2D eigenvalue weighted by atomic mass is 19.4. The van der Waals surface area contributed by atoms with Gasteiger partial charge in [-0.1, -0.05) is 35.9 Å². The number of amides is 2. The smallest absolute Gasteiger partial charge is 0.473 e. The van der Waals surface area contributed by atoms with Crippen LogP contribution >= 0.6 is 0 Å². The van der Waals surface area contributed by atoms with E-state index in [9.17, 15) is 22.8 Å². The third-order valence-corrected chi connectivity index (χ3v) is 5.34. The number of nitrogens with one attached hydrogen (secondary N) is 1. The fourth-order valence-electron chi connectivity index (χ4n) is 3.58. The van der Waals surface area contributed by atoms with E-state index in [4.69, 9.17) is 18.9 Å². The Labute approximate surface area is 204 Å². The summed E-state index contributed by atoms with van der Waals surface area (Å²) in [6.07, 6.45) is -5.26. The fourth-order valence-corrected chi connectivity index (χ4v) is 3.58. The zero-order valence-corrected chi connectivity index (χ0v) is 19.3. The normalized spacial score (nSPS) is 19.4. The van der Waals surface area contributed by atoms with E-state index in [-0.39, 0.29) is 42.0 Å². The van der Waals surface area contributed by atoms with E-state index in [0.717, 1.165) is 5.56 Å². The van der Waals surface area contributed by atoms with E-state index in [2.05, 4.69) is 10.4 Å². The van der Waals surface area contributed by atoms with E-state index < -0.39 is 24.0 Å². The van der Waals surface area contributed by atoms with E-state index in [1.165, 1.54) is 18.2 Å². The number of hydrogen-bond acceptors (Lipinski definition) is 7. The molecule has 192 valence electrons. The van der Waals surface area contributed by atoms with Crippen LogP contribution in [0.15, 0.2) is 47.6 Å². The Morgan fingerprint density at radius 2 is 1.56 bits per heavy atom. The second-order valence-corrected chi connectivity index (χ2v) is 7.98. The Kier molecular flexibility index (Phi) is 7.75. The van der Waals surface area contributed by atoms with Gasteiger partial charge in [-0.05, 0) is 24.6 Å². The molecule has 1 N–H and O–H groups in total. The number of nitrogens with zero attached hydrogens (tertiary/aromatic N) is 2. The fraction of sp³-hybridized carbons (Fsp3) is 0.375. The first kappa shape index (κ1) is 25.5. The van der Waals surface area contributed by atoms with E-state index in [1.807, 2.05) is 6.92 Å². The monoisotopic (exact) mass is 507 g/mol. The summed E-state index contributed by atoms with van der Waals surface area (Å²) < 4.78 is 62.6. The molecule has 2 amide bonds. The van der Waals surface area contributed by atoms with Crippen molar-refractivity contribution in [2.24, 2.45) is 5.10 Å². The topological polar surface area (TPSA) is 98.7 Å². The van der Waals surface area contributed by atoms with Crippen LogP contribution in [-0.2, 0) is 19.1 Å². The number of benzene rings is 2. The maximum Gasteiger partial charge on any atom is 0.473 e. The number of rotatable bonds is 2. The van der Waals surface area contributed by atoms with Gasteiger partial charge in [0.1, 0.15) is 13.2 Å². The van der Waals surface area contributed by atoms with Crippen molar-refractivity contribution in [2.45, 2.75) is 19.1 Å². The van der Waals surface area contributed by atoms with Crippen molar-refractivity contribution >= 4 is 17.6 Å². The van der Waals surface area contributed by atoms with Crippen LogP contribution in [-0.4, -0.2) is 68.5 Å². The summed E-state index contributed by atoms with van der Waals surface area (Å²) in [5.41, 5.74) is 1.31. The van der Waals surface area contributed by atoms with Gasteiger partial charge in [-0.2, -0.15) is 18.3 Å². The number of aryl methyl sites for hydroxylation is 1. The first-order valence-corrected chi connectivity index (χ1v) is 11.2. The van der Waals surface area contributed by atoms with Crippen LogP contribution in [0, 0.1) is 6.92 Å². The van der Waals surface area contributed by atoms with Crippen LogP contribution in [0.1, 0.15) is 22.7 Å². The molecule has 0 spiro atoms. The van der Waals surface area contributed by atoms with Crippen LogP contribution in [0.2, 0.25) is 0 Å². The lowest BCUT2D eigenvalue weighted by Gasteiger charge is -2.32. The van der Waals surface area contributed by atoms with Gasteiger partial charge in [0.25, 0.3) is 5.91 Å². The van der Waals surface area contributed by atoms with Gasteiger partial charge in [0.2, 0.25) is 0 Å². The van der Waals surface area contributed by atoms with Crippen molar-refractivity contribution in [3.05, 3.63) is 59.2 Å². The SMILES string of the molecule is Cc1ccc(C2=NN(C(=O)C(F)(F)F)C(c3ccc4c(c3)OCCOCCOCCO4)C(=O)N2)cc1. The number of hydrogen-bond donors (Lipinski definition) is 1. The number of amidine groups is 1. The molecule has 0 fully saturated rings. The molecule has 2 heterocycles. The van der Waals surface area contributed by atoms with Crippen LogP contribution < -0.4 is 14.8 Å². The summed E-state index contributed by atoms with van der Waals surface area (Å²) in [5.74, 6) is -2.82. The number of carbonyl (C=O) groups is 2. The predicted molar refractivity (Wildman–Crippen MR) is 121 cm³/mol. The second kappa shape index (κ2) is 11.0. The van der Waals surface area contributed by atoms with Gasteiger partial charge in [-0.15, -0.1) is 0 Å². The second-order valence-electron chi connectivity index (χ2n) is 7.98. The molecule has 0 saturated carbocycles. The molecule has 1 unspecified atom stereocenters. The highest BCUT2D eigenvalue weighted by Crippen LogP contribution is 2.36. The van der Waals surface area contributed by atoms with Gasteiger partial charge in [0.15, 0.2) is 23.4 Å². The molecule has 0 saturated heterocycles. The summed E-state index contributed by atoms with van der Waals surface area (Å²) in [5, 5.41) is 6.56. The van der Waals surface area contributed by atoms with Gasteiger partial charge in [0.05, 0.1) is 26.4 Å². The minimum atomic E-state index is -5.26. The molecule has 0 radical (unpaired) electrons. The molecule has 2 aromatic rings. The van der Waals surface area contributed by atoms with Gasteiger partial charge in [0, 0.05) is 5.56 Å². The molecule has 0 aromatic heterocycles. The Balaban J connectivity index is 1.71. The largest absolute Gasteiger partial charge is 0.487 e. The molecule has 1 atom stereocenters. The van der Waals surface area contributed by atoms with Crippen molar-refractivity contribution in [3.63, 3.8) is 0 Å². The average Bonchev–Trinajstić information content (AvgIpc) is 2.83. The molecule has 2 aliphatic heterocycles. The summed E-state index contributed by atoms with van der Waals surface area (Å²) in [7, 11) is 0. The third-order valence-electron chi connectivity index (χ3n) is 5.34. The summed E-state index contributed by atoms with van der Waals surface area (Å²) in [6, 6.07) is 9.11. The van der Waals surface area contributed by atoms with Crippen molar-refractivity contribution in [1.82, 2.24) is 10.3 Å². The highest BCUT2D eigenvalue weighted by Gasteiger charge is 2.49. The number of carbonyl (C=O) groups excluding carboxylic acids is 2. The van der Waals surface area contributed by atoms with Crippen molar-refractivity contribution in [1.29, 1.82) is 0 Å². The zero-order chi connectivity index (χ0) is 25.7. The molecule has 2 aliphatic rings. The third kappa shape index (κ3) is 5.94. The zero-order valence-electron chi connectivity index (χ0n) is 19.3. The molecule has 9 nitrogen and oxygen atoms in total. The maximum absolute atomic E-state index is 13.5. The molecular weight excluding hydrogens is 483 g/mol.